The summed E-state index contributed by atoms with van der Waals surface area (Å²) in [7, 11) is 0. The number of nitrogens with zero attached hydrogens (tertiary/aromatic N) is 3. The molecule has 2 rings (SSSR count). The topological polar surface area (TPSA) is 118 Å². The summed E-state index contributed by atoms with van der Waals surface area (Å²) in [4.78, 5) is 11.7. The molecule has 1 amide bonds. The molecule has 0 radical (unpaired) electrons. The van der Waals surface area contributed by atoms with E-state index in [4.69, 9.17) is 15.4 Å². The van der Waals surface area contributed by atoms with Gasteiger partial charge in [-0.25, -0.2) is 0 Å². The summed E-state index contributed by atoms with van der Waals surface area (Å²) in [6.07, 6.45) is 0.311. The van der Waals surface area contributed by atoms with Crippen molar-refractivity contribution in [2.24, 2.45) is 5.73 Å². The summed E-state index contributed by atoms with van der Waals surface area (Å²) in [5.74, 6) is 0.777. The average molecular weight is 303 g/mol. The number of anilines is 1. The van der Waals surface area contributed by atoms with Gasteiger partial charge in [0.1, 0.15) is 0 Å². The number of rotatable bonds is 6. The molecular weight excluding hydrogens is 290 g/mol. The van der Waals surface area contributed by atoms with Crippen molar-refractivity contribution < 1.29 is 9.21 Å². The molecule has 1 heterocycles. The Labute approximate surface area is 125 Å². The fourth-order valence-electron chi connectivity index (χ4n) is 1.46. The molecule has 0 bridgehead atoms. The molecule has 7 nitrogen and oxygen atoms in total. The van der Waals surface area contributed by atoms with Gasteiger partial charge < -0.3 is 15.5 Å². The maximum Gasteiger partial charge on any atom is 0.276 e. The van der Waals surface area contributed by atoms with Crippen molar-refractivity contribution >= 4 is 23.4 Å². The van der Waals surface area contributed by atoms with Crippen LogP contribution in [-0.4, -0.2) is 21.9 Å². The van der Waals surface area contributed by atoms with E-state index in [0.29, 0.717) is 34.5 Å². The SMILES string of the molecule is N#Cc1ccc(NC(=O)CCSc2nnc(CN)o2)cc1. The first-order chi connectivity index (χ1) is 10.2. The van der Waals surface area contributed by atoms with Gasteiger partial charge in [0.2, 0.25) is 11.8 Å². The minimum atomic E-state index is -0.120. The summed E-state index contributed by atoms with van der Waals surface area (Å²) in [5, 5.41) is 19.4. The lowest BCUT2D eigenvalue weighted by Gasteiger charge is -2.04. The van der Waals surface area contributed by atoms with Crippen molar-refractivity contribution in [3.8, 4) is 6.07 Å². The van der Waals surface area contributed by atoms with Crippen LogP contribution in [0.3, 0.4) is 0 Å². The molecule has 0 aliphatic heterocycles. The lowest BCUT2D eigenvalue weighted by atomic mass is 10.2. The molecule has 8 heteroatoms. The number of amides is 1. The van der Waals surface area contributed by atoms with Crippen LogP contribution in [0.5, 0.6) is 0 Å². The lowest BCUT2D eigenvalue weighted by molar-refractivity contribution is -0.115. The third kappa shape index (κ3) is 4.59. The molecule has 108 valence electrons. The molecule has 3 N–H and O–H groups in total. The zero-order chi connectivity index (χ0) is 15.1. The molecule has 2 aromatic rings. The number of thioether (sulfide) groups is 1. The molecule has 0 aliphatic rings. The molecule has 0 saturated heterocycles. The van der Waals surface area contributed by atoms with E-state index in [9.17, 15) is 4.79 Å². The predicted octanol–water partition coefficient (Wildman–Crippen LogP) is 1.52. The summed E-state index contributed by atoms with van der Waals surface area (Å²) in [5.41, 5.74) is 6.57. The number of hydrogen-bond donors (Lipinski definition) is 2. The van der Waals surface area contributed by atoms with Gasteiger partial charge in [0.05, 0.1) is 18.2 Å². The highest BCUT2D eigenvalue weighted by atomic mass is 32.2. The van der Waals surface area contributed by atoms with Crippen LogP contribution in [-0.2, 0) is 11.3 Å². The number of hydrogen-bond acceptors (Lipinski definition) is 7. The highest BCUT2D eigenvalue weighted by Gasteiger charge is 2.07. The van der Waals surface area contributed by atoms with E-state index in [0.717, 1.165) is 0 Å². The van der Waals surface area contributed by atoms with Gasteiger partial charge in [0.25, 0.3) is 5.22 Å². The fourth-order valence-corrected chi connectivity index (χ4v) is 2.18. The molecule has 0 spiro atoms. The largest absolute Gasteiger partial charge is 0.415 e. The normalized spacial score (nSPS) is 10.1. The van der Waals surface area contributed by atoms with Gasteiger partial charge in [-0.1, -0.05) is 11.8 Å². The summed E-state index contributed by atoms with van der Waals surface area (Å²) in [6, 6.07) is 8.70. The smallest absolute Gasteiger partial charge is 0.276 e. The average Bonchev–Trinajstić information content (AvgIpc) is 2.96. The summed E-state index contributed by atoms with van der Waals surface area (Å²) in [6.45, 7) is 0.201. The standard InChI is InChI=1S/C13H13N5O2S/c14-7-9-1-3-10(4-2-9)16-11(19)5-6-21-13-18-17-12(8-15)20-13/h1-4H,5-6,8,15H2,(H,16,19). The number of aromatic nitrogens is 2. The monoisotopic (exact) mass is 303 g/mol. The van der Waals surface area contributed by atoms with Crippen molar-refractivity contribution in [2.45, 2.75) is 18.2 Å². The predicted molar refractivity (Wildman–Crippen MR) is 77.3 cm³/mol. The van der Waals surface area contributed by atoms with E-state index >= 15 is 0 Å². The molecule has 0 fully saturated rings. The maximum atomic E-state index is 11.7. The number of nitrogens with two attached hydrogens (primary N) is 1. The van der Waals surface area contributed by atoms with E-state index in [1.54, 1.807) is 24.3 Å². The van der Waals surface area contributed by atoms with Crippen molar-refractivity contribution in [2.75, 3.05) is 11.1 Å². The molecule has 0 saturated carbocycles. The quantitative estimate of drug-likeness (QED) is 0.777. The number of nitrogens with one attached hydrogen (secondary N) is 1. The summed E-state index contributed by atoms with van der Waals surface area (Å²) < 4.78 is 5.21. The number of nitriles is 1. The van der Waals surface area contributed by atoms with E-state index in [1.165, 1.54) is 11.8 Å². The van der Waals surface area contributed by atoms with Crippen LogP contribution < -0.4 is 11.1 Å². The van der Waals surface area contributed by atoms with Gasteiger partial charge in [0.15, 0.2) is 0 Å². The van der Waals surface area contributed by atoms with E-state index < -0.39 is 0 Å². The number of carbonyl (C=O) groups excluding carboxylic acids is 1. The second kappa shape index (κ2) is 7.42. The van der Waals surface area contributed by atoms with Crippen molar-refractivity contribution in [1.29, 1.82) is 5.26 Å². The molecular formula is C13H13N5O2S. The van der Waals surface area contributed by atoms with E-state index in [2.05, 4.69) is 15.5 Å². The Morgan fingerprint density at radius 1 is 1.38 bits per heavy atom. The van der Waals surface area contributed by atoms with Gasteiger partial charge in [0, 0.05) is 17.9 Å². The van der Waals surface area contributed by atoms with Gasteiger partial charge in [-0.2, -0.15) is 5.26 Å². The fraction of sp³-hybridized carbons (Fsp3) is 0.231. The minimum Gasteiger partial charge on any atom is -0.415 e. The first-order valence-corrected chi connectivity index (χ1v) is 7.15. The van der Waals surface area contributed by atoms with Crippen LogP contribution in [0.15, 0.2) is 33.9 Å². The zero-order valence-corrected chi connectivity index (χ0v) is 11.9. The lowest BCUT2D eigenvalue weighted by Crippen LogP contribution is -2.12. The van der Waals surface area contributed by atoms with Crippen molar-refractivity contribution in [3.63, 3.8) is 0 Å². The van der Waals surface area contributed by atoms with Gasteiger partial charge >= 0.3 is 0 Å². The van der Waals surface area contributed by atoms with E-state index in [-0.39, 0.29) is 12.5 Å². The maximum absolute atomic E-state index is 11.7. The Morgan fingerprint density at radius 3 is 2.76 bits per heavy atom. The van der Waals surface area contributed by atoms with Crippen LogP contribution >= 0.6 is 11.8 Å². The number of carbonyl (C=O) groups is 1. The minimum absolute atomic E-state index is 0.120. The highest BCUT2D eigenvalue weighted by molar-refractivity contribution is 7.99. The van der Waals surface area contributed by atoms with Gasteiger partial charge in [-0.3, -0.25) is 4.79 Å². The first kappa shape index (κ1) is 15.0. The Kier molecular flexibility index (Phi) is 5.31. The van der Waals surface area contributed by atoms with Crippen LogP contribution in [0, 0.1) is 11.3 Å². The summed E-state index contributed by atoms with van der Waals surface area (Å²) >= 11 is 1.30. The molecule has 0 atom stereocenters. The van der Waals surface area contributed by atoms with Crippen molar-refractivity contribution in [3.05, 3.63) is 35.7 Å². The second-order valence-electron chi connectivity index (χ2n) is 4.00. The Bertz CT molecular complexity index is 647. The van der Waals surface area contributed by atoms with Crippen LogP contribution in [0.25, 0.3) is 0 Å². The zero-order valence-electron chi connectivity index (χ0n) is 11.1. The second-order valence-corrected chi connectivity index (χ2v) is 5.05. The number of benzene rings is 1. The Hall–Kier alpha value is -2.37. The molecule has 1 aromatic carbocycles. The van der Waals surface area contributed by atoms with Gasteiger partial charge in [-0.15, -0.1) is 10.2 Å². The Morgan fingerprint density at radius 2 is 2.14 bits per heavy atom. The third-order valence-corrected chi connectivity index (χ3v) is 3.30. The van der Waals surface area contributed by atoms with E-state index in [1.807, 2.05) is 6.07 Å². The Balaban J connectivity index is 1.75. The van der Waals surface area contributed by atoms with Gasteiger partial charge in [-0.05, 0) is 24.3 Å². The van der Waals surface area contributed by atoms with Crippen molar-refractivity contribution in [1.82, 2.24) is 10.2 Å². The highest BCUT2D eigenvalue weighted by Crippen LogP contribution is 2.17. The van der Waals surface area contributed by atoms with Crippen LogP contribution in [0.4, 0.5) is 5.69 Å². The van der Waals surface area contributed by atoms with Crippen LogP contribution in [0.1, 0.15) is 17.9 Å². The third-order valence-electron chi connectivity index (χ3n) is 2.48. The molecule has 1 aromatic heterocycles. The van der Waals surface area contributed by atoms with Crippen LogP contribution in [0.2, 0.25) is 0 Å². The molecule has 0 unspecified atom stereocenters. The first-order valence-electron chi connectivity index (χ1n) is 6.16. The molecule has 21 heavy (non-hydrogen) atoms. The molecule has 0 aliphatic carbocycles.